The standard InChI is InChI=1S/C23H15N5O5/c29-16-10-7-14-11-17(21-24-18-3-1-2-4-19(18)25-21)23(33-20(14)12-16)27-26-22(30)13-5-8-15(9-6-13)28(31)32/h1-12,29H,(H,24,25)(H,26,30)/b27-23+. The monoisotopic (exact) mass is 441 g/mol. The number of H-pyrrole nitrogens is 1. The molecule has 0 spiro atoms. The summed E-state index contributed by atoms with van der Waals surface area (Å²) in [5.41, 5.74) is 4.95. The van der Waals surface area contributed by atoms with Crippen LogP contribution in [0.25, 0.3) is 33.4 Å². The van der Waals surface area contributed by atoms with Crippen LogP contribution in [0, 0.1) is 10.1 Å². The summed E-state index contributed by atoms with van der Waals surface area (Å²) in [6.45, 7) is 0. The molecule has 0 fully saturated rings. The number of aromatic nitrogens is 2. The molecule has 10 nitrogen and oxygen atoms in total. The first kappa shape index (κ1) is 19.9. The van der Waals surface area contributed by atoms with Crippen LogP contribution >= 0.6 is 0 Å². The third kappa shape index (κ3) is 3.88. The topological polar surface area (TPSA) is 147 Å². The normalized spacial score (nSPS) is 11.7. The lowest BCUT2D eigenvalue weighted by Gasteiger charge is -2.04. The molecule has 5 aromatic rings. The van der Waals surface area contributed by atoms with Gasteiger partial charge in [-0.25, -0.2) is 10.4 Å². The highest BCUT2D eigenvalue weighted by Gasteiger charge is 2.13. The van der Waals surface area contributed by atoms with E-state index in [1.165, 1.54) is 36.4 Å². The summed E-state index contributed by atoms with van der Waals surface area (Å²) in [6, 6.07) is 19.1. The van der Waals surface area contributed by atoms with Crippen LogP contribution in [0.3, 0.4) is 0 Å². The summed E-state index contributed by atoms with van der Waals surface area (Å²) in [7, 11) is 0. The second-order valence-electron chi connectivity index (χ2n) is 7.15. The molecule has 3 N–H and O–H groups in total. The molecule has 10 heteroatoms. The van der Waals surface area contributed by atoms with Crippen LogP contribution in [0.1, 0.15) is 10.4 Å². The number of fused-ring (bicyclic) bond motifs is 2. The van der Waals surface area contributed by atoms with Gasteiger partial charge in [0.05, 0.1) is 21.5 Å². The Morgan fingerprint density at radius 3 is 2.64 bits per heavy atom. The second kappa shape index (κ2) is 7.93. The van der Waals surface area contributed by atoms with Gasteiger partial charge in [0.15, 0.2) is 0 Å². The van der Waals surface area contributed by atoms with E-state index < -0.39 is 10.8 Å². The smallest absolute Gasteiger partial charge is 0.271 e. The third-order valence-corrected chi connectivity index (χ3v) is 4.98. The van der Waals surface area contributed by atoms with Crippen molar-refractivity contribution in [2.45, 2.75) is 0 Å². The number of nitrogens with zero attached hydrogens (tertiary/aromatic N) is 3. The number of hydrogen-bond acceptors (Lipinski definition) is 7. The predicted molar refractivity (Wildman–Crippen MR) is 119 cm³/mol. The van der Waals surface area contributed by atoms with Crippen molar-refractivity contribution in [2.24, 2.45) is 5.10 Å². The van der Waals surface area contributed by atoms with Crippen LogP contribution in [-0.2, 0) is 0 Å². The first-order valence-electron chi connectivity index (χ1n) is 9.78. The Kier molecular flexibility index (Phi) is 4.79. The molecule has 0 radical (unpaired) electrons. The number of non-ortho nitro benzene ring substituents is 1. The molecule has 0 aliphatic heterocycles. The molecule has 0 unspecified atom stereocenters. The van der Waals surface area contributed by atoms with Gasteiger partial charge in [-0.2, -0.15) is 0 Å². The minimum absolute atomic E-state index is 0.0172. The summed E-state index contributed by atoms with van der Waals surface area (Å²) in [4.78, 5) is 30.6. The number of phenolic OH excluding ortho intramolecular Hbond substituents is 1. The van der Waals surface area contributed by atoms with Gasteiger partial charge in [0.1, 0.15) is 17.2 Å². The highest BCUT2D eigenvalue weighted by molar-refractivity contribution is 5.94. The Bertz CT molecular complexity index is 1570. The number of carbonyl (C=O) groups excluding carboxylic acids is 1. The summed E-state index contributed by atoms with van der Waals surface area (Å²) in [5, 5.41) is 25.4. The minimum Gasteiger partial charge on any atom is -0.508 e. The number of benzene rings is 3. The molecule has 0 aliphatic carbocycles. The molecule has 0 saturated heterocycles. The molecule has 2 aromatic heterocycles. The van der Waals surface area contributed by atoms with Crippen LogP contribution in [0.2, 0.25) is 0 Å². The molecule has 2 heterocycles. The van der Waals surface area contributed by atoms with Gasteiger partial charge >= 0.3 is 0 Å². The zero-order chi connectivity index (χ0) is 22.9. The molecule has 0 aliphatic rings. The van der Waals surface area contributed by atoms with Gasteiger partial charge in [0, 0.05) is 29.1 Å². The molecule has 0 bridgehead atoms. The Balaban J connectivity index is 1.59. The number of nitrogens with one attached hydrogen (secondary N) is 2. The molecule has 33 heavy (non-hydrogen) atoms. The van der Waals surface area contributed by atoms with Crippen molar-refractivity contribution >= 4 is 33.6 Å². The lowest BCUT2D eigenvalue weighted by molar-refractivity contribution is -0.384. The predicted octanol–water partition coefficient (Wildman–Crippen LogP) is 3.84. The minimum atomic E-state index is -0.577. The van der Waals surface area contributed by atoms with E-state index in [-0.39, 0.29) is 22.6 Å². The van der Waals surface area contributed by atoms with Crippen molar-refractivity contribution in [1.29, 1.82) is 0 Å². The number of phenols is 1. The lowest BCUT2D eigenvalue weighted by Crippen LogP contribution is -2.22. The van der Waals surface area contributed by atoms with Gasteiger partial charge in [-0.1, -0.05) is 12.1 Å². The van der Waals surface area contributed by atoms with Gasteiger partial charge in [0.2, 0.25) is 5.55 Å². The maximum atomic E-state index is 12.5. The number of hydrogen-bond donors (Lipinski definition) is 3. The molecular formula is C23H15N5O5. The largest absolute Gasteiger partial charge is 0.508 e. The van der Waals surface area contributed by atoms with E-state index in [4.69, 9.17) is 4.42 Å². The highest BCUT2D eigenvalue weighted by atomic mass is 16.6. The van der Waals surface area contributed by atoms with Crippen LogP contribution in [0.5, 0.6) is 5.75 Å². The number of rotatable bonds is 4. The maximum Gasteiger partial charge on any atom is 0.271 e. The molecule has 0 atom stereocenters. The highest BCUT2D eigenvalue weighted by Crippen LogP contribution is 2.24. The number of nitro groups is 1. The van der Waals surface area contributed by atoms with Crippen molar-refractivity contribution in [1.82, 2.24) is 15.4 Å². The maximum absolute atomic E-state index is 12.5. The average molecular weight is 441 g/mol. The van der Waals surface area contributed by atoms with Crippen LogP contribution in [0.4, 0.5) is 5.69 Å². The zero-order valence-corrected chi connectivity index (χ0v) is 16.9. The van der Waals surface area contributed by atoms with E-state index in [1.807, 2.05) is 24.3 Å². The number of carbonyl (C=O) groups is 1. The van der Waals surface area contributed by atoms with Crippen LogP contribution in [0.15, 0.2) is 82.3 Å². The van der Waals surface area contributed by atoms with E-state index in [1.54, 1.807) is 12.1 Å². The number of aromatic hydroxyl groups is 1. The van der Waals surface area contributed by atoms with Gasteiger partial charge in [-0.3, -0.25) is 14.9 Å². The SMILES string of the molecule is O=C(N/N=c1/oc2cc(O)ccc2cc1-c1nc2ccccc2[nH]1)c1ccc([N+](=O)[O-])cc1. The summed E-state index contributed by atoms with van der Waals surface area (Å²) < 4.78 is 5.87. The van der Waals surface area contributed by atoms with Crippen LogP contribution < -0.4 is 11.0 Å². The Morgan fingerprint density at radius 2 is 1.88 bits per heavy atom. The lowest BCUT2D eigenvalue weighted by atomic mass is 10.1. The second-order valence-corrected chi connectivity index (χ2v) is 7.15. The molecular weight excluding hydrogens is 426 g/mol. The molecule has 5 rings (SSSR count). The molecule has 0 saturated carbocycles. The first-order chi connectivity index (χ1) is 16.0. The first-order valence-corrected chi connectivity index (χ1v) is 9.78. The Labute approximate surface area is 185 Å². The van der Waals surface area contributed by atoms with Crippen molar-refractivity contribution < 1.29 is 19.2 Å². The zero-order valence-electron chi connectivity index (χ0n) is 16.9. The van der Waals surface area contributed by atoms with E-state index in [0.717, 1.165) is 11.0 Å². The van der Waals surface area contributed by atoms with E-state index in [0.29, 0.717) is 22.4 Å². The number of nitro benzene ring substituents is 1. The fourth-order valence-electron chi connectivity index (χ4n) is 3.34. The number of amides is 1. The summed E-state index contributed by atoms with van der Waals surface area (Å²) >= 11 is 0. The number of imidazole rings is 1. The van der Waals surface area contributed by atoms with Gasteiger partial charge in [0.25, 0.3) is 11.6 Å². The van der Waals surface area contributed by atoms with Gasteiger partial charge in [-0.15, -0.1) is 5.10 Å². The molecule has 3 aromatic carbocycles. The van der Waals surface area contributed by atoms with Crippen molar-refractivity contribution in [2.75, 3.05) is 0 Å². The van der Waals surface area contributed by atoms with Crippen LogP contribution in [-0.4, -0.2) is 25.9 Å². The Morgan fingerprint density at radius 1 is 1.09 bits per heavy atom. The number of para-hydroxylation sites is 2. The average Bonchev–Trinajstić information content (AvgIpc) is 3.26. The number of aromatic amines is 1. The van der Waals surface area contributed by atoms with Gasteiger partial charge in [-0.05, 0) is 42.5 Å². The van der Waals surface area contributed by atoms with Gasteiger partial charge < -0.3 is 14.5 Å². The van der Waals surface area contributed by atoms with Crippen molar-refractivity contribution in [3.63, 3.8) is 0 Å². The Hall–Kier alpha value is -4.99. The summed E-state index contributed by atoms with van der Waals surface area (Å²) in [5.74, 6) is -0.0754. The van der Waals surface area contributed by atoms with E-state index in [9.17, 15) is 20.0 Å². The fraction of sp³-hybridized carbons (Fsp3) is 0. The van der Waals surface area contributed by atoms with E-state index in [2.05, 4.69) is 20.5 Å². The fourth-order valence-corrected chi connectivity index (χ4v) is 3.34. The molecule has 162 valence electrons. The quantitative estimate of drug-likeness (QED) is 0.285. The van der Waals surface area contributed by atoms with Crippen molar-refractivity contribution in [3.05, 3.63) is 94.0 Å². The third-order valence-electron chi connectivity index (χ3n) is 4.98. The van der Waals surface area contributed by atoms with E-state index >= 15 is 0 Å². The van der Waals surface area contributed by atoms with Crippen molar-refractivity contribution in [3.8, 4) is 17.1 Å². The summed E-state index contributed by atoms with van der Waals surface area (Å²) in [6.07, 6.45) is 0. The molecule has 1 amide bonds.